The van der Waals surface area contributed by atoms with Crippen LogP contribution in [0, 0.1) is 0 Å². The van der Waals surface area contributed by atoms with Crippen LogP contribution >= 0.6 is 22.9 Å². The van der Waals surface area contributed by atoms with Crippen molar-refractivity contribution in [3.63, 3.8) is 0 Å². The van der Waals surface area contributed by atoms with Crippen LogP contribution in [0.15, 0.2) is 27.9 Å². The molecule has 0 radical (unpaired) electrons. The number of nitrogens with zero attached hydrogens (tertiary/aromatic N) is 4. The summed E-state index contributed by atoms with van der Waals surface area (Å²) in [5.74, 6) is 0. The smallest absolute Gasteiger partial charge is 0.0981 e. The Hall–Kier alpha value is -1.56. The van der Waals surface area contributed by atoms with Crippen LogP contribution in [-0.4, -0.2) is 45.2 Å². The minimum atomic E-state index is 0.766. The van der Waals surface area contributed by atoms with Gasteiger partial charge in [0.1, 0.15) is 0 Å². The highest BCUT2D eigenvalue weighted by Gasteiger charge is 2.18. The lowest BCUT2D eigenvalue weighted by Crippen LogP contribution is -2.47. The van der Waals surface area contributed by atoms with Crippen LogP contribution in [0.25, 0.3) is 6.20 Å². The largest absolute Gasteiger partial charge is 0.367 e. The van der Waals surface area contributed by atoms with Gasteiger partial charge < -0.3 is 14.7 Å². The normalized spacial score (nSPS) is 17.9. The van der Waals surface area contributed by atoms with Crippen molar-refractivity contribution in [3.8, 4) is 0 Å². The second kappa shape index (κ2) is 5.82. The quantitative estimate of drug-likeness (QED) is 0.791. The van der Waals surface area contributed by atoms with E-state index in [1.807, 2.05) is 6.07 Å². The first-order chi connectivity index (χ1) is 11.1. The first kappa shape index (κ1) is 15.0. The number of benzene rings is 1. The van der Waals surface area contributed by atoms with E-state index < -0.39 is 0 Å². The molecule has 2 aromatic rings. The zero-order chi connectivity index (χ0) is 16.0. The van der Waals surface area contributed by atoms with Gasteiger partial charge in [-0.1, -0.05) is 11.6 Å². The highest BCUT2D eigenvalue weighted by molar-refractivity contribution is 7.08. The van der Waals surface area contributed by atoms with Crippen LogP contribution < -0.4 is 20.4 Å². The molecule has 1 aromatic heterocycles. The van der Waals surface area contributed by atoms with E-state index in [1.54, 1.807) is 11.3 Å². The van der Waals surface area contributed by atoms with Crippen LogP contribution in [0.3, 0.4) is 0 Å². The van der Waals surface area contributed by atoms with Crippen molar-refractivity contribution in [1.82, 2.24) is 4.90 Å². The van der Waals surface area contributed by atoms with E-state index in [1.165, 1.54) is 0 Å². The van der Waals surface area contributed by atoms with Crippen molar-refractivity contribution in [1.29, 1.82) is 0 Å². The maximum atomic E-state index is 6.40. The summed E-state index contributed by atoms with van der Waals surface area (Å²) in [5, 5.41) is 7.12. The van der Waals surface area contributed by atoms with Crippen LogP contribution in [0.1, 0.15) is 0 Å². The van der Waals surface area contributed by atoms with Gasteiger partial charge in [0.2, 0.25) is 0 Å². The Labute approximate surface area is 144 Å². The number of hydrogen-bond donors (Lipinski definition) is 0. The van der Waals surface area contributed by atoms with Crippen molar-refractivity contribution in [2.24, 2.45) is 4.99 Å². The molecule has 3 heterocycles. The highest BCUT2D eigenvalue weighted by Crippen LogP contribution is 2.33. The fourth-order valence-corrected chi connectivity index (χ4v) is 4.15. The average molecular weight is 347 g/mol. The summed E-state index contributed by atoms with van der Waals surface area (Å²) in [4.78, 5) is 11.9. The van der Waals surface area contributed by atoms with Gasteiger partial charge >= 0.3 is 0 Å². The SMILES string of the molecule is CN1CCN(c2cc(Cl)cc3c2=Nc2cscc2N(C)C=3)CC1. The lowest BCUT2D eigenvalue weighted by molar-refractivity contribution is 0.312. The predicted molar refractivity (Wildman–Crippen MR) is 98.8 cm³/mol. The Bertz CT molecular complexity index is 852. The number of likely N-dealkylation sites (N-methyl/N-ethyl adjacent to an activating group) is 1. The van der Waals surface area contributed by atoms with Gasteiger partial charge in [0, 0.05) is 60.4 Å². The van der Waals surface area contributed by atoms with Crippen LogP contribution in [-0.2, 0) is 0 Å². The molecule has 1 saturated heterocycles. The van der Waals surface area contributed by atoms with Gasteiger partial charge in [-0.05, 0) is 19.2 Å². The van der Waals surface area contributed by atoms with Gasteiger partial charge in [-0.2, -0.15) is 0 Å². The molecule has 0 amide bonds. The third-order valence-corrected chi connectivity index (χ3v) is 5.43. The molecule has 120 valence electrons. The number of halogens is 1. The molecule has 0 saturated carbocycles. The molecule has 1 aromatic carbocycles. The summed E-state index contributed by atoms with van der Waals surface area (Å²) in [6, 6.07) is 4.06. The van der Waals surface area contributed by atoms with Crippen LogP contribution in [0.2, 0.25) is 5.02 Å². The second-order valence-electron chi connectivity index (χ2n) is 6.15. The molecular formula is C17H19ClN4S. The van der Waals surface area contributed by atoms with Gasteiger partial charge in [0.25, 0.3) is 0 Å². The molecule has 0 unspecified atom stereocenters. The number of fused-ring (bicyclic) bond motifs is 2. The summed E-state index contributed by atoms with van der Waals surface area (Å²) < 4.78 is 0. The topological polar surface area (TPSA) is 22.1 Å². The Kier molecular flexibility index (Phi) is 3.79. The molecule has 1 fully saturated rings. The molecular weight excluding hydrogens is 328 g/mol. The monoisotopic (exact) mass is 346 g/mol. The molecule has 0 bridgehead atoms. The number of anilines is 2. The molecule has 0 atom stereocenters. The van der Waals surface area contributed by atoms with Gasteiger partial charge in [-0.3, -0.25) is 0 Å². The Morgan fingerprint density at radius 1 is 1.04 bits per heavy atom. The molecule has 0 aliphatic carbocycles. The van der Waals surface area contributed by atoms with Crippen molar-refractivity contribution >= 4 is 46.2 Å². The first-order valence-corrected chi connectivity index (χ1v) is 9.06. The van der Waals surface area contributed by atoms with Gasteiger partial charge in [-0.25, -0.2) is 4.99 Å². The van der Waals surface area contributed by atoms with E-state index in [4.69, 9.17) is 16.6 Å². The fraction of sp³-hybridized carbons (Fsp3) is 0.353. The number of thiophene rings is 1. The number of rotatable bonds is 1. The summed E-state index contributed by atoms with van der Waals surface area (Å²) in [5.41, 5.74) is 3.32. The Balaban J connectivity index is 1.92. The van der Waals surface area contributed by atoms with E-state index in [-0.39, 0.29) is 0 Å². The molecule has 23 heavy (non-hydrogen) atoms. The molecule has 0 spiro atoms. The zero-order valence-corrected chi connectivity index (χ0v) is 14.9. The van der Waals surface area contributed by atoms with Gasteiger partial charge in [-0.15, -0.1) is 11.3 Å². The van der Waals surface area contributed by atoms with Gasteiger partial charge in [0.05, 0.1) is 22.4 Å². The standard InChI is InChI=1S/C17H19ClN4S/c1-20-3-5-22(6-4-20)15-8-13(18)7-12-9-21(2)16-11-23-10-14(16)19-17(12)15/h7-11H,3-6H2,1-2H3. The minimum absolute atomic E-state index is 0.766. The minimum Gasteiger partial charge on any atom is -0.367 e. The number of hydrogen-bond acceptors (Lipinski definition) is 5. The lowest BCUT2D eigenvalue weighted by atomic mass is 10.2. The van der Waals surface area contributed by atoms with Crippen LogP contribution in [0.5, 0.6) is 0 Å². The Morgan fingerprint density at radius 2 is 1.83 bits per heavy atom. The molecule has 6 heteroatoms. The van der Waals surface area contributed by atoms with E-state index in [9.17, 15) is 0 Å². The maximum absolute atomic E-state index is 6.40. The first-order valence-electron chi connectivity index (χ1n) is 7.74. The number of piperazine rings is 1. The van der Waals surface area contributed by atoms with Gasteiger partial charge in [0.15, 0.2) is 0 Å². The third-order valence-electron chi connectivity index (χ3n) is 4.49. The second-order valence-corrected chi connectivity index (χ2v) is 7.33. The van der Waals surface area contributed by atoms with Crippen molar-refractivity contribution in [2.75, 3.05) is 50.1 Å². The van der Waals surface area contributed by atoms with E-state index in [0.29, 0.717) is 0 Å². The summed E-state index contributed by atoms with van der Waals surface area (Å²) in [7, 11) is 4.23. The fourth-order valence-electron chi connectivity index (χ4n) is 3.14. The maximum Gasteiger partial charge on any atom is 0.0981 e. The van der Waals surface area contributed by atoms with E-state index >= 15 is 0 Å². The highest BCUT2D eigenvalue weighted by atomic mass is 35.5. The molecule has 4 rings (SSSR count). The summed E-state index contributed by atoms with van der Waals surface area (Å²) >= 11 is 8.09. The molecule has 4 nitrogen and oxygen atoms in total. The third kappa shape index (κ3) is 2.73. The van der Waals surface area contributed by atoms with E-state index in [2.05, 4.69) is 51.8 Å². The average Bonchev–Trinajstić information content (AvgIpc) is 2.94. The van der Waals surface area contributed by atoms with Crippen molar-refractivity contribution in [2.45, 2.75) is 0 Å². The molecule has 0 N–H and O–H groups in total. The predicted octanol–water partition coefficient (Wildman–Crippen LogP) is 2.29. The zero-order valence-electron chi connectivity index (χ0n) is 13.3. The Morgan fingerprint density at radius 3 is 2.61 bits per heavy atom. The van der Waals surface area contributed by atoms with Crippen LogP contribution in [0.4, 0.5) is 17.1 Å². The van der Waals surface area contributed by atoms with E-state index in [0.717, 1.165) is 58.8 Å². The lowest BCUT2D eigenvalue weighted by Gasteiger charge is -2.34. The molecule has 2 aliphatic rings. The summed E-state index contributed by atoms with van der Waals surface area (Å²) in [6.07, 6.45) is 2.13. The molecule has 2 aliphatic heterocycles. The summed E-state index contributed by atoms with van der Waals surface area (Å²) in [6.45, 7) is 4.14. The van der Waals surface area contributed by atoms with Crippen molar-refractivity contribution in [3.05, 3.63) is 38.5 Å². The van der Waals surface area contributed by atoms with Crippen molar-refractivity contribution < 1.29 is 0 Å².